The number of carbonyl (C=O) groups is 1. The number of sulfone groups is 1. The molecule has 3 heterocycles. The van der Waals surface area contributed by atoms with Gasteiger partial charge >= 0.3 is 5.97 Å². The van der Waals surface area contributed by atoms with Crippen molar-refractivity contribution >= 4 is 15.8 Å². The fraction of sp³-hybridized carbons (Fsp3) is 0.120. The molecule has 8 heteroatoms. The summed E-state index contributed by atoms with van der Waals surface area (Å²) < 4.78 is 43.2. The molecule has 2 aromatic carbocycles. The second kappa shape index (κ2) is 7.97. The molecule has 1 N–H and O–H groups in total. The van der Waals surface area contributed by atoms with E-state index in [9.17, 15) is 17.6 Å². The second-order valence-electron chi connectivity index (χ2n) is 7.75. The Balaban J connectivity index is 1.80. The van der Waals surface area contributed by atoms with Gasteiger partial charge in [0.05, 0.1) is 34.7 Å². The highest BCUT2D eigenvalue weighted by molar-refractivity contribution is 7.91. The Hall–Kier alpha value is -3.78. The number of hydrogen-bond donors (Lipinski definition) is 1. The highest BCUT2D eigenvalue weighted by atomic mass is 32.2. The maximum absolute atomic E-state index is 13.6. The molecule has 166 valence electrons. The Morgan fingerprint density at radius 2 is 1.67 bits per heavy atom. The lowest BCUT2D eigenvalue weighted by molar-refractivity contribution is 0.0602. The van der Waals surface area contributed by atoms with Gasteiger partial charge in [0.2, 0.25) is 0 Å². The van der Waals surface area contributed by atoms with E-state index in [1.165, 1.54) is 19.2 Å². The molecule has 0 spiro atoms. The highest BCUT2D eigenvalue weighted by Gasteiger charge is 2.30. The second-order valence-corrected chi connectivity index (χ2v) is 9.83. The van der Waals surface area contributed by atoms with Gasteiger partial charge in [-0.3, -0.25) is 4.98 Å². The summed E-state index contributed by atoms with van der Waals surface area (Å²) in [5.74, 6) is -0.845. The lowest BCUT2D eigenvalue weighted by Gasteiger charge is -2.08. The van der Waals surface area contributed by atoms with Crippen LogP contribution >= 0.6 is 0 Å². The number of ether oxygens (including phenoxy) is 1. The zero-order valence-corrected chi connectivity index (χ0v) is 18.4. The Kier molecular flexibility index (Phi) is 5.09. The van der Waals surface area contributed by atoms with Crippen molar-refractivity contribution in [2.45, 2.75) is 11.3 Å². The minimum absolute atomic E-state index is 0.0729. The summed E-state index contributed by atoms with van der Waals surface area (Å²) in [6.07, 6.45) is 3.66. The van der Waals surface area contributed by atoms with Gasteiger partial charge in [-0.25, -0.2) is 17.6 Å². The zero-order chi connectivity index (χ0) is 23.2. The number of nitrogens with zero attached hydrogens (tertiary/aromatic N) is 1. The van der Waals surface area contributed by atoms with Crippen LogP contribution in [-0.2, 0) is 21.0 Å². The SMILES string of the molecule is COC(=O)c1c(-c2ccc3c(c2)CCS3(=O)=O)[nH]c(-c2ccc(F)cc2)c1-c1ccncc1. The van der Waals surface area contributed by atoms with Gasteiger partial charge in [-0.1, -0.05) is 6.07 Å². The molecule has 0 aliphatic carbocycles. The predicted molar refractivity (Wildman–Crippen MR) is 122 cm³/mol. The van der Waals surface area contributed by atoms with Crippen LogP contribution in [0.4, 0.5) is 4.39 Å². The van der Waals surface area contributed by atoms with Crippen molar-refractivity contribution < 1.29 is 22.3 Å². The van der Waals surface area contributed by atoms with Crippen LogP contribution in [0, 0.1) is 5.82 Å². The average molecular weight is 463 g/mol. The van der Waals surface area contributed by atoms with Crippen LogP contribution in [0.25, 0.3) is 33.6 Å². The van der Waals surface area contributed by atoms with Gasteiger partial charge in [0.25, 0.3) is 0 Å². The molecule has 0 saturated carbocycles. The minimum Gasteiger partial charge on any atom is -0.465 e. The number of H-pyrrole nitrogens is 1. The van der Waals surface area contributed by atoms with Crippen LogP contribution < -0.4 is 0 Å². The maximum Gasteiger partial charge on any atom is 0.340 e. The summed E-state index contributed by atoms with van der Waals surface area (Å²) in [5.41, 5.74) is 4.81. The molecule has 2 aromatic heterocycles. The molecule has 6 nitrogen and oxygen atoms in total. The number of nitrogens with one attached hydrogen (secondary N) is 1. The fourth-order valence-electron chi connectivity index (χ4n) is 4.25. The molecule has 5 rings (SSSR count). The Labute approximate surface area is 190 Å². The van der Waals surface area contributed by atoms with Crippen LogP contribution in [0.5, 0.6) is 0 Å². The predicted octanol–water partition coefficient (Wildman–Crippen LogP) is 4.67. The van der Waals surface area contributed by atoms with Gasteiger partial charge < -0.3 is 9.72 Å². The van der Waals surface area contributed by atoms with E-state index >= 15 is 0 Å². The molecule has 1 aliphatic heterocycles. The summed E-state index contributed by atoms with van der Waals surface area (Å²) in [6, 6.07) is 14.6. The van der Waals surface area contributed by atoms with E-state index in [4.69, 9.17) is 4.74 Å². The molecule has 0 unspecified atom stereocenters. The Morgan fingerprint density at radius 1 is 0.970 bits per heavy atom. The van der Waals surface area contributed by atoms with Gasteiger partial charge in [0.15, 0.2) is 9.84 Å². The number of pyridine rings is 1. The summed E-state index contributed by atoms with van der Waals surface area (Å²) >= 11 is 0. The van der Waals surface area contributed by atoms with Crippen molar-refractivity contribution in [1.82, 2.24) is 9.97 Å². The van der Waals surface area contributed by atoms with Crippen molar-refractivity contribution in [3.05, 3.63) is 83.9 Å². The number of aryl methyl sites for hydroxylation is 1. The number of carbonyl (C=O) groups excluding carboxylic acids is 1. The molecule has 0 bridgehead atoms. The van der Waals surface area contributed by atoms with E-state index in [0.29, 0.717) is 50.5 Å². The molecule has 0 amide bonds. The lowest BCUT2D eigenvalue weighted by Crippen LogP contribution is -2.04. The average Bonchev–Trinajstić information content (AvgIpc) is 3.37. The van der Waals surface area contributed by atoms with E-state index in [-0.39, 0.29) is 11.6 Å². The van der Waals surface area contributed by atoms with Gasteiger partial charge in [0.1, 0.15) is 5.82 Å². The number of aromatic amines is 1. The molecule has 0 atom stereocenters. The third-order valence-corrected chi connectivity index (χ3v) is 7.63. The molecular formula is C25H19FN2O4S. The number of rotatable bonds is 4. The molecule has 0 radical (unpaired) electrons. The van der Waals surface area contributed by atoms with Gasteiger partial charge in [0, 0.05) is 18.0 Å². The first-order valence-electron chi connectivity index (χ1n) is 10.3. The minimum atomic E-state index is -3.27. The highest BCUT2D eigenvalue weighted by Crippen LogP contribution is 2.42. The molecular weight excluding hydrogens is 443 g/mol. The third-order valence-electron chi connectivity index (χ3n) is 5.82. The monoisotopic (exact) mass is 462 g/mol. The lowest BCUT2D eigenvalue weighted by atomic mass is 9.95. The maximum atomic E-state index is 13.6. The van der Waals surface area contributed by atoms with Crippen molar-refractivity contribution in [2.75, 3.05) is 12.9 Å². The standard InChI is InChI=1S/C25H19FN2O4S/c1-32-25(29)22-21(15-8-11-27-12-9-15)23(16-2-5-19(26)6-3-16)28-24(22)18-4-7-20-17(14-18)10-13-33(20,30)31/h2-9,11-12,14,28H,10,13H2,1H3. The van der Waals surface area contributed by atoms with Crippen LogP contribution in [-0.4, -0.2) is 37.2 Å². The molecule has 33 heavy (non-hydrogen) atoms. The molecule has 0 fully saturated rings. The van der Waals surface area contributed by atoms with Crippen LogP contribution in [0.2, 0.25) is 0 Å². The first-order valence-corrected chi connectivity index (χ1v) is 11.9. The van der Waals surface area contributed by atoms with E-state index in [0.717, 1.165) is 5.56 Å². The van der Waals surface area contributed by atoms with Gasteiger partial charge in [-0.15, -0.1) is 0 Å². The van der Waals surface area contributed by atoms with E-state index < -0.39 is 15.8 Å². The number of benzene rings is 2. The normalized spacial score (nSPS) is 14.1. The smallest absolute Gasteiger partial charge is 0.340 e. The number of fused-ring (bicyclic) bond motifs is 1. The van der Waals surface area contributed by atoms with Crippen molar-refractivity contribution in [3.8, 4) is 33.6 Å². The summed E-state index contributed by atoms with van der Waals surface area (Å²) in [7, 11) is -1.97. The number of esters is 1. The first-order chi connectivity index (χ1) is 15.9. The van der Waals surface area contributed by atoms with Crippen LogP contribution in [0.3, 0.4) is 0 Å². The van der Waals surface area contributed by atoms with Crippen molar-refractivity contribution in [2.24, 2.45) is 0 Å². The largest absolute Gasteiger partial charge is 0.465 e. The number of aromatic nitrogens is 2. The fourth-order valence-corrected chi connectivity index (χ4v) is 5.80. The van der Waals surface area contributed by atoms with Crippen LogP contribution in [0.1, 0.15) is 15.9 Å². The van der Waals surface area contributed by atoms with E-state index in [1.54, 1.807) is 54.9 Å². The van der Waals surface area contributed by atoms with E-state index in [2.05, 4.69) is 9.97 Å². The van der Waals surface area contributed by atoms with Gasteiger partial charge in [-0.05, 0) is 77.2 Å². The van der Waals surface area contributed by atoms with E-state index in [1.807, 2.05) is 0 Å². The van der Waals surface area contributed by atoms with Crippen molar-refractivity contribution in [1.29, 1.82) is 0 Å². The summed E-state index contributed by atoms with van der Waals surface area (Å²) in [6.45, 7) is 0. The Bertz CT molecular complexity index is 1480. The molecule has 0 saturated heterocycles. The summed E-state index contributed by atoms with van der Waals surface area (Å²) in [5, 5.41) is 0. The van der Waals surface area contributed by atoms with Crippen molar-refractivity contribution in [3.63, 3.8) is 0 Å². The topological polar surface area (TPSA) is 89.1 Å². The summed E-state index contributed by atoms with van der Waals surface area (Å²) in [4.78, 5) is 20.7. The molecule has 1 aliphatic rings. The number of methoxy groups -OCH3 is 1. The van der Waals surface area contributed by atoms with Gasteiger partial charge in [-0.2, -0.15) is 0 Å². The molecule has 4 aromatic rings. The number of halogens is 1. The number of hydrogen-bond acceptors (Lipinski definition) is 5. The first kappa shape index (κ1) is 21.1. The third kappa shape index (κ3) is 3.62. The van der Waals surface area contributed by atoms with Crippen LogP contribution in [0.15, 0.2) is 71.9 Å². The zero-order valence-electron chi connectivity index (χ0n) is 17.6. The Morgan fingerprint density at radius 3 is 2.36 bits per heavy atom. The quantitative estimate of drug-likeness (QED) is 0.446.